The Hall–Kier alpha value is -2.76. The number of carbonyl (C=O) groups is 1. The molecule has 0 radical (unpaired) electrons. The van der Waals surface area contributed by atoms with Crippen LogP contribution in [0.3, 0.4) is 0 Å². The molecule has 2 aromatic heterocycles. The minimum Gasteiger partial charge on any atom is -0.497 e. The molecule has 25 heavy (non-hydrogen) atoms. The SMILES string of the molecule is COc1ccc2c(ccn2CC(=O)N2CCC[C@@H](n3ccnc3)C2)c1. The molecule has 1 atom stereocenters. The van der Waals surface area contributed by atoms with Gasteiger partial charge in [-0.25, -0.2) is 4.98 Å². The molecule has 3 heterocycles. The number of methoxy groups -OCH3 is 1. The van der Waals surface area contributed by atoms with Crippen molar-refractivity contribution in [3.8, 4) is 5.75 Å². The molecule has 1 amide bonds. The lowest BCUT2D eigenvalue weighted by molar-refractivity contribution is -0.133. The van der Waals surface area contributed by atoms with E-state index in [0.29, 0.717) is 12.6 Å². The quantitative estimate of drug-likeness (QED) is 0.735. The third-order valence-electron chi connectivity index (χ3n) is 4.98. The van der Waals surface area contributed by atoms with Gasteiger partial charge in [0.1, 0.15) is 12.3 Å². The van der Waals surface area contributed by atoms with Crippen LogP contribution in [0.2, 0.25) is 0 Å². The van der Waals surface area contributed by atoms with Gasteiger partial charge in [0.25, 0.3) is 0 Å². The number of fused-ring (bicyclic) bond motifs is 1. The Morgan fingerprint density at radius 2 is 2.24 bits per heavy atom. The van der Waals surface area contributed by atoms with Crippen molar-refractivity contribution in [3.63, 3.8) is 0 Å². The van der Waals surface area contributed by atoms with Crippen LogP contribution in [0, 0.1) is 0 Å². The Kier molecular flexibility index (Phi) is 4.17. The third-order valence-corrected chi connectivity index (χ3v) is 4.98. The number of hydrogen-bond acceptors (Lipinski definition) is 3. The first-order chi connectivity index (χ1) is 12.2. The molecule has 0 bridgehead atoms. The molecule has 130 valence electrons. The second-order valence-electron chi connectivity index (χ2n) is 6.51. The number of benzene rings is 1. The number of imidazole rings is 1. The number of nitrogens with zero attached hydrogens (tertiary/aromatic N) is 4. The highest BCUT2D eigenvalue weighted by molar-refractivity contribution is 5.84. The van der Waals surface area contributed by atoms with E-state index < -0.39 is 0 Å². The predicted octanol–water partition coefficient (Wildman–Crippen LogP) is 2.71. The number of aromatic nitrogens is 3. The second-order valence-corrected chi connectivity index (χ2v) is 6.51. The number of piperidine rings is 1. The molecule has 0 spiro atoms. The fraction of sp³-hybridized carbons (Fsp3) is 0.368. The maximum absolute atomic E-state index is 12.8. The fourth-order valence-electron chi connectivity index (χ4n) is 3.60. The van der Waals surface area contributed by atoms with Gasteiger partial charge in [0.2, 0.25) is 5.91 Å². The Bertz CT molecular complexity index is 869. The number of carbonyl (C=O) groups excluding carboxylic acids is 1. The lowest BCUT2D eigenvalue weighted by atomic mass is 10.1. The maximum atomic E-state index is 12.8. The standard InChI is InChI=1S/C19H22N4O2/c1-25-17-4-5-18-15(11-17)6-9-21(18)13-19(24)22-8-2-3-16(12-22)23-10-7-20-14-23/h4-7,9-11,14,16H,2-3,8,12-13H2,1H3/t16-/m1/s1. The summed E-state index contributed by atoms with van der Waals surface area (Å²) in [7, 11) is 1.66. The molecule has 0 aliphatic carbocycles. The van der Waals surface area contributed by atoms with Gasteiger partial charge in [-0.05, 0) is 37.1 Å². The van der Waals surface area contributed by atoms with Gasteiger partial charge in [-0.15, -0.1) is 0 Å². The minimum absolute atomic E-state index is 0.165. The molecule has 1 aliphatic heterocycles. The molecule has 0 saturated carbocycles. The van der Waals surface area contributed by atoms with Gasteiger partial charge >= 0.3 is 0 Å². The van der Waals surface area contributed by atoms with E-state index in [2.05, 4.69) is 9.55 Å². The van der Waals surface area contributed by atoms with Crippen molar-refractivity contribution in [3.05, 3.63) is 49.2 Å². The lowest BCUT2D eigenvalue weighted by Crippen LogP contribution is -2.42. The first kappa shape index (κ1) is 15.7. The van der Waals surface area contributed by atoms with E-state index >= 15 is 0 Å². The van der Waals surface area contributed by atoms with Crippen molar-refractivity contribution in [1.82, 2.24) is 19.0 Å². The van der Waals surface area contributed by atoms with Gasteiger partial charge < -0.3 is 18.8 Å². The zero-order valence-electron chi connectivity index (χ0n) is 14.3. The molecule has 4 rings (SSSR count). The average Bonchev–Trinajstić information content (AvgIpc) is 3.32. The number of amides is 1. The van der Waals surface area contributed by atoms with Crippen LogP contribution in [-0.2, 0) is 11.3 Å². The number of rotatable bonds is 4. The van der Waals surface area contributed by atoms with Crippen LogP contribution in [0.15, 0.2) is 49.2 Å². The van der Waals surface area contributed by atoms with Gasteiger partial charge in [-0.3, -0.25) is 4.79 Å². The fourth-order valence-corrected chi connectivity index (χ4v) is 3.60. The Balaban J connectivity index is 1.48. The molecular formula is C19H22N4O2. The number of likely N-dealkylation sites (tertiary alicyclic amines) is 1. The molecule has 0 N–H and O–H groups in total. The van der Waals surface area contributed by atoms with Crippen LogP contribution in [0.5, 0.6) is 5.75 Å². The summed E-state index contributed by atoms with van der Waals surface area (Å²) >= 11 is 0. The van der Waals surface area contributed by atoms with E-state index in [9.17, 15) is 4.79 Å². The van der Waals surface area contributed by atoms with Crippen LogP contribution >= 0.6 is 0 Å². The van der Waals surface area contributed by atoms with E-state index in [0.717, 1.165) is 42.6 Å². The van der Waals surface area contributed by atoms with Crippen LogP contribution in [0.4, 0.5) is 0 Å². The highest BCUT2D eigenvalue weighted by Crippen LogP contribution is 2.24. The summed E-state index contributed by atoms with van der Waals surface area (Å²) in [6.45, 7) is 1.95. The highest BCUT2D eigenvalue weighted by atomic mass is 16.5. The van der Waals surface area contributed by atoms with Crippen molar-refractivity contribution in [1.29, 1.82) is 0 Å². The summed E-state index contributed by atoms with van der Waals surface area (Å²) in [6.07, 6.45) is 9.70. The van der Waals surface area contributed by atoms with Gasteiger partial charge in [0.05, 0.1) is 19.5 Å². The van der Waals surface area contributed by atoms with Gasteiger partial charge in [-0.2, -0.15) is 0 Å². The Morgan fingerprint density at radius 1 is 1.32 bits per heavy atom. The number of ether oxygens (including phenoxy) is 1. The predicted molar refractivity (Wildman–Crippen MR) is 95.6 cm³/mol. The molecule has 6 heteroatoms. The largest absolute Gasteiger partial charge is 0.497 e. The first-order valence-corrected chi connectivity index (χ1v) is 8.63. The average molecular weight is 338 g/mol. The van der Waals surface area contributed by atoms with Crippen LogP contribution < -0.4 is 4.74 Å². The third kappa shape index (κ3) is 3.12. The molecule has 1 fully saturated rings. The smallest absolute Gasteiger partial charge is 0.242 e. The van der Waals surface area contributed by atoms with Crippen LogP contribution in [0.1, 0.15) is 18.9 Å². The van der Waals surface area contributed by atoms with Crippen molar-refractivity contribution < 1.29 is 9.53 Å². The molecular weight excluding hydrogens is 316 g/mol. The maximum Gasteiger partial charge on any atom is 0.242 e. The summed E-state index contributed by atoms with van der Waals surface area (Å²) in [5, 5.41) is 1.09. The van der Waals surface area contributed by atoms with E-state index in [1.807, 2.05) is 52.5 Å². The normalized spacial score (nSPS) is 17.8. The zero-order chi connectivity index (χ0) is 17.2. The summed E-state index contributed by atoms with van der Waals surface area (Å²) < 4.78 is 9.38. The summed E-state index contributed by atoms with van der Waals surface area (Å²) in [4.78, 5) is 18.9. The van der Waals surface area contributed by atoms with Crippen LogP contribution in [-0.4, -0.2) is 45.1 Å². The minimum atomic E-state index is 0.165. The number of hydrogen-bond donors (Lipinski definition) is 0. The van der Waals surface area contributed by atoms with Gasteiger partial charge in [0, 0.05) is 42.6 Å². The summed E-state index contributed by atoms with van der Waals surface area (Å²) in [5.74, 6) is 0.994. The van der Waals surface area contributed by atoms with Crippen molar-refractivity contribution in [2.24, 2.45) is 0 Å². The zero-order valence-corrected chi connectivity index (χ0v) is 14.3. The second kappa shape index (κ2) is 6.63. The van der Waals surface area contributed by atoms with Crippen molar-refractivity contribution >= 4 is 16.8 Å². The Labute approximate surface area is 146 Å². The molecule has 6 nitrogen and oxygen atoms in total. The summed E-state index contributed by atoms with van der Waals surface area (Å²) in [5.41, 5.74) is 1.05. The van der Waals surface area contributed by atoms with Gasteiger partial charge in [0.15, 0.2) is 0 Å². The molecule has 0 unspecified atom stereocenters. The van der Waals surface area contributed by atoms with Crippen molar-refractivity contribution in [2.45, 2.75) is 25.4 Å². The van der Waals surface area contributed by atoms with Crippen LogP contribution in [0.25, 0.3) is 10.9 Å². The topological polar surface area (TPSA) is 52.3 Å². The van der Waals surface area contributed by atoms with E-state index in [1.165, 1.54) is 0 Å². The summed E-state index contributed by atoms with van der Waals surface area (Å²) in [6, 6.07) is 8.28. The Morgan fingerprint density at radius 3 is 3.04 bits per heavy atom. The highest BCUT2D eigenvalue weighted by Gasteiger charge is 2.24. The molecule has 3 aromatic rings. The van der Waals surface area contributed by atoms with E-state index in [1.54, 1.807) is 13.3 Å². The molecule has 1 aromatic carbocycles. The lowest BCUT2D eigenvalue weighted by Gasteiger charge is -2.33. The van der Waals surface area contributed by atoms with E-state index in [-0.39, 0.29) is 5.91 Å². The van der Waals surface area contributed by atoms with Crippen molar-refractivity contribution in [2.75, 3.05) is 20.2 Å². The molecule has 1 saturated heterocycles. The first-order valence-electron chi connectivity index (χ1n) is 8.63. The molecule has 1 aliphatic rings. The monoisotopic (exact) mass is 338 g/mol. The van der Waals surface area contributed by atoms with E-state index in [4.69, 9.17) is 4.74 Å². The van der Waals surface area contributed by atoms with Gasteiger partial charge in [-0.1, -0.05) is 0 Å².